The summed E-state index contributed by atoms with van der Waals surface area (Å²) in [6.07, 6.45) is 5.12. The SMILES string of the molecule is O=C(O)N(Cc1cccn2ccnc12)C1CC(O)C1. The number of hydrogen-bond donors (Lipinski definition) is 2. The normalized spacial score (nSPS) is 22.2. The largest absolute Gasteiger partial charge is 0.465 e. The minimum atomic E-state index is -0.953. The fourth-order valence-electron chi connectivity index (χ4n) is 2.48. The van der Waals surface area contributed by atoms with Crippen molar-refractivity contribution in [3.63, 3.8) is 0 Å². The molecule has 6 heteroatoms. The Kier molecular flexibility index (Phi) is 2.87. The van der Waals surface area contributed by atoms with Gasteiger partial charge < -0.3 is 19.5 Å². The van der Waals surface area contributed by atoms with Gasteiger partial charge >= 0.3 is 6.09 Å². The number of pyridine rings is 1. The van der Waals surface area contributed by atoms with Gasteiger partial charge in [0.2, 0.25) is 0 Å². The van der Waals surface area contributed by atoms with Crippen molar-refractivity contribution in [2.45, 2.75) is 31.5 Å². The number of rotatable bonds is 3. The molecule has 3 rings (SSSR count). The van der Waals surface area contributed by atoms with Gasteiger partial charge in [0.1, 0.15) is 5.65 Å². The van der Waals surface area contributed by atoms with E-state index in [0.717, 1.165) is 11.2 Å². The van der Waals surface area contributed by atoms with Crippen LogP contribution in [0.15, 0.2) is 30.7 Å². The molecule has 1 saturated carbocycles. The molecule has 1 aliphatic carbocycles. The predicted molar refractivity (Wildman–Crippen MR) is 67.8 cm³/mol. The number of imidazole rings is 1. The van der Waals surface area contributed by atoms with Gasteiger partial charge in [0, 0.05) is 30.2 Å². The number of aliphatic hydroxyl groups is 1. The molecule has 2 heterocycles. The second kappa shape index (κ2) is 4.55. The lowest BCUT2D eigenvalue weighted by molar-refractivity contribution is 0.00440. The highest BCUT2D eigenvalue weighted by molar-refractivity contribution is 5.66. The molecule has 0 aliphatic heterocycles. The molecule has 0 atom stereocenters. The Hall–Kier alpha value is -2.08. The van der Waals surface area contributed by atoms with Gasteiger partial charge in [0.05, 0.1) is 12.6 Å². The van der Waals surface area contributed by atoms with E-state index in [1.165, 1.54) is 4.90 Å². The summed E-state index contributed by atoms with van der Waals surface area (Å²) in [6.45, 7) is 0.300. The van der Waals surface area contributed by atoms with Crippen molar-refractivity contribution in [2.75, 3.05) is 0 Å². The summed E-state index contributed by atoms with van der Waals surface area (Å²) in [5, 5.41) is 18.6. The molecular weight excluding hydrogens is 246 g/mol. The molecule has 0 spiro atoms. The summed E-state index contributed by atoms with van der Waals surface area (Å²) in [5.41, 5.74) is 1.64. The third-order valence-electron chi connectivity index (χ3n) is 3.62. The highest BCUT2D eigenvalue weighted by atomic mass is 16.4. The smallest absolute Gasteiger partial charge is 0.407 e. The minimum absolute atomic E-state index is 0.0947. The van der Waals surface area contributed by atoms with Crippen LogP contribution in [-0.4, -0.2) is 42.7 Å². The lowest BCUT2D eigenvalue weighted by atomic mass is 9.88. The number of aromatic nitrogens is 2. The molecule has 2 N–H and O–H groups in total. The van der Waals surface area contributed by atoms with Crippen LogP contribution in [0.2, 0.25) is 0 Å². The quantitative estimate of drug-likeness (QED) is 0.874. The first kappa shape index (κ1) is 12.0. The number of nitrogens with zero attached hydrogens (tertiary/aromatic N) is 3. The topological polar surface area (TPSA) is 78.1 Å². The molecule has 0 unspecified atom stereocenters. The van der Waals surface area contributed by atoms with Crippen molar-refractivity contribution in [2.24, 2.45) is 0 Å². The average molecular weight is 261 g/mol. The van der Waals surface area contributed by atoms with Gasteiger partial charge in [0.25, 0.3) is 0 Å². The van der Waals surface area contributed by atoms with Crippen LogP contribution in [0.4, 0.5) is 4.79 Å². The van der Waals surface area contributed by atoms with Gasteiger partial charge in [0.15, 0.2) is 0 Å². The van der Waals surface area contributed by atoms with E-state index in [2.05, 4.69) is 4.98 Å². The maximum Gasteiger partial charge on any atom is 0.407 e. The number of carboxylic acid groups (broad SMARTS) is 1. The average Bonchev–Trinajstić information content (AvgIpc) is 2.81. The van der Waals surface area contributed by atoms with Crippen molar-refractivity contribution in [3.8, 4) is 0 Å². The first-order valence-corrected chi connectivity index (χ1v) is 6.23. The van der Waals surface area contributed by atoms with E-state index in [4.69, 9.17) is 0 Å². The highest BCUT2D eigenvalue weighted by Crippen LogP contribution is 2.27. The van der Waals surface area contributed by atoms with E-state index < -0.39 is 6.09 Å². The van der Waals surface area contributed by atoms with Crippen molar-refractivity contribution >= 4 is 11.7 Å². The van der Waals surface area contributed by atoms with Crippen molar-refractivity contribution in [3.05, 3.63) is 36.3 Å². The molecule has 1 aliphatic rings. The third kappa shape index (κ3) is 2.15. The predicted octanol–water partition coefficient (Wildman–Crippen LogP) is 1.34. The Morgan fingerprint density at radius 1 is 1.47 bits per heavy atom. The molecule has 0 aromatic carbocycles. The number of fused-ring (bicyclic) bond motifs is 1. The maximum absolute atomic E-state index is 11.3. The lowest BCUT2D eigenvalue weighted by Gasteiger charge is -2.39. The molecule has 0 bridgehead atoms. The van der Waals surface area contributed by atoms with E-state index >= 15 is 0 Å². The summed E-state index contributed by atoms with van der Waals surface area (Å²) < 4.78 is 1.87. The van der Waals surface area contributed by atoms with Gasteiger partial charge in [-0.1, -0.05) is 6.07 Å². The summed E-state index contributed by atoms with van der Waals surface area (Å²) in [5.74, 6) is 0. The van der Waals surface area contributed by atoms with E-state index in [1.54, 1.807) is 6.20 Å². The van der Waals surface area contributed by atoms with E-state index in [9.17, 15) is 15.0 Å². The molecule has 0 saturated heterocycles. The molecule has 2 aromatic rings. The second-order valence-corrected chi connectivity index (χ2v) is 4.88. The Bertz CT molecular complexity index is 604. The fourth-order valence-corrected chi connectivity index (χ4v) is 2.48. The Balaban J connectivity index is 1.85. The van der Waals surface area contributed by atoms with Gasteiger partial charge in [-0.25, -0.2) is 9.78 Å². The molecule has 2 aromatic heterocycles. The zero-order valence-corrected chi connectivity index (χ0v) is 10.3. The summed E-state index contributed by atoms with van der Waals surface area (Å²) in [7, 11) is 0. The molecule has 19 heavy (non-hydrogen) atoms. The standard InChI is InChI=1S/C13H15N3O3/c17-11-6-10(7-11)16(13(18)19)8-9-2-1-4-15-5-3-14-12(9)15/h1-5,10-11,17H,6-8H2,(H,18,19). The van der Waals surface area contributed by atoms with Gasteiger partial charge in [-0.05, 0) is 18.9 Å². The minimum Gasteiger partial charge on any atom is -0.465 e. The van der Waals surface area contributed by atoms with Crippen LogP contribution >= 0.6 is 0 Å². The van der Waals surface area contributed by atoms with Crippen LogP contribution in [-0.2, 0) is 6.54 Å². The van der Waals surface area contributed by atoms with Crippen molar-refractivity contribution in [1.82, 2.24) is 14.3 Å². The zero-order chi connectivity index (χ0) is 13.4. The van der Waals surface area contributed by atoms with Crippen LogP contribution < -0.4 is 0 Å². The lowest BCUT2D eigenvalue weighted by Crippen LogP contribution is -2.49. The van der Waals surface area contributed by atoms with Crippen LogP contribution in [0.25, 0.3) is 5.65 Å². The number of carbonyl (C=O) groups is 1. The second-order valence-electron chi connectivity index (χ2n) is 4.88. The van der Waals surface area contributed by atoms with Crippen molar-refractivity contribution in [1.29, 1.82) is 0 Å². The van der Waals surface area contributed by atoms with E-state index in [-0.39, 0.29) is 12.1 Å². The van der Waals surface area contributed by atoms with Crippen molar-refractivity contribution < 1.29 is 15.0 Å². The van der Waals surface area contributed by atoms with E-state index in [0.29, 0.717) is 19.4 Å². The summed E-state index contributed by atoms with van der Waals surface area (Å²) >= 11 is 0. The maximum atomic E-state index is 11.3. The summed E-state index contributed by atoms with van der Waals surface area (Å²) in [6, 6.07) is 3.66. The Morgan fingerprint density at radius 3 is 2.95 bits per heavy atom. The highest BCUT2D eigenvalue weighted by Gasteiger charge is 2.35. The fraction of sp³-hybridized carbons (Fsp3) is 0.385. The van der Waals surface area contributed by atoms with Gasteiger partial charge in [-0.15, -0.1) is 0 Å². The van der Waals surface area contributed by atoms with Gasteiger partial charge in [-0.2, -0.15) is 0 Å². The van der Waals surface area contributed by atoms with Crippen LogP contribution in [0.1, 0.15) is 18.4 Å². The van der Waals surface area contributed by atoms with Gasteiger partial charge in [-0.3, -0.25) is 0 Å². The number of amides is 1. The number of hydrogen-bond acceptors (Lipinski definition) is 3. The van der Waals surface area contributed by atoms with Crippen LogP contribution in [0.3, 0.4) is 0 Å². The first-order valence-electron chi connectivity index (χ1n) is 6.23. The monoisotopic (exact) mass is 261 g/mol. The molecule has 1 amide bonds. The Labute approximate surface area is 109 Å². The summed E-state index contributed by atoms with van der Waals surface area (Å²) in [4.78, 5) is 17.0. The number of aliphatic hydroxyl groups excluding tert-OH is 1. The third-order valence-corrected chi connectivity index (χ3v) is 3.62. The molecular formula is C13H15N3O3. The molecule has 0 radical (unpaired) electrons. The Morgan fingerprint density at radius 2 is 2.26 bits per heavy atom. The first-order chi connectivity index (χ1) is 9.15. The molecule has 6 nitrogen and oxygen atoms in total. The van der Waals surface area contributed by atoms with Crippen LogP contribution in [0, 0.1) is 0 Å². The zero-order valence-electron chi connectivity index (χ0n) is 10.3. The molecule has 100 valence electrons. The molecule has 1 fully saturated rings. The van der Waals surface area contributed by atoms with Crippen LogP contribution in [0.5, 0.6) is 0 Å². The van der Waals surface area contributed by atoms with E-state index in [1.807, 2.05) is 28.9 Å².